The number of fused-ring (bicyclic) bond motifs is 2. The van der Waals surface area contributed by atoms with Crippen molar-refractivity contribution in [3.8, 4) is 0 Å². The van der Waals surface area contributed by atoms with Gasteiger partial charge >= 0.3 is 5.97 Å². The molecule has 0 spiro atoms. The third kappa shape index (κ3) is 3.15. The molecular formula is C19H28N2O4. The topological polar surface area (TPSA) is 75.7 Å². The maximum atomic E-state index is 12.7. The van der Waals surface area contributed by atoms with E-state index in [9.17, 15) is 14.4 Å². The molecule has 0 aromatic rings. The third-order valence-corrected chi connectivity index (χ3v) is 6.80. The molecule has 1 heterocycles. The number of esters is 1. The van der Waals surface area contributed by atoms with E-state index in [2.05, 4.69) is 5.32 Å². The van der Waals surface area contributed by atoms with Crippen LogP contribution in [0.4, 0.5) is 0 Å². The summed E-state index contributed by atoms with van der Waals surface area (Å²) in [5, 5.41) is 3.18. The van der Waals surface area contributed by atoms with Crippen molar-refractivity contribution < 1.29 is 19.1 Å². The minimum Gasteiger partial charge on any atom is -0.469 e. The number of likely N-dealkylation sites (tertiary alicyclic amines) is 1. The van der Waals surface area contributed by atoms with Crippen LogP contribution < -0.4 is 5.32 Å². The lowest BCUT2D eigenvalue weighted by Crippen LogP contribution is -2.50. The fourth-order valence-electron chi connectivity index (χ4n) is 5.21. The lowest BCUT2D eigenvalue weighted by molar-refractivity contribution is -0.149. The molecule has 6 nitrogen and oxygen atoms in total. The van der Waals surface area contributed by atoms with Crippen LogP contribution in [0.15, 0.2) is 0 Å². The molecule has 0 radical (unpaired) electrons. The fourth-order valence-corrected chi connectivity index (χ4v) is 5.21. The molecular weight excluding hydrogens is 320 g/mol. The molecule has 0 aromatic heterocycles. The second-order valence-corrected chi connectivity index (χ2v) is 8.29. The summed E-state index contributed by atoms with van der Waals surface area (Å²) in [6.45, 7) is 1.37. The van der Waals surface area contributed by atoms with Crippen LogP contribution in [0.5, 0.6) is 0 Å². The van der Waals surface area contributed by atoms with E-state index in [4.69, 9.17) is 4.74 Å². The fraction of sp³-hybridized carbons (Fsp3) is 0.842. The number of hydrogen-bond acceptors (Lipinski definition) is 4. The van der Waals surface area contributed by atoms with Crippen molar-refractivity contribution in [3.05, 3.63) is 0 Å². The molecule has 138 valence electrons. The highest BCUT2D eigenvalue weighted by molar-refractivity contribution is 5.83. The molecule has 4 rings (SSSR count). The highest BCUT2D eigenvalue weighted by Crippen LogP contribution is 2.49. The van der Waals surface area contributed by atoms with Gasteiger partial charge in [-0.25, -0.2) is 0 Å². The van der Waals surface area contributed by atoms with E-state index in [1.54, 1.807) is 0 Å². The standard InChI is InChI=1S/C19H28N2O4/c1-25-19(24)15-13-4-5-14(10-13)16(15)20-17(22)11-6-8-21(9-7-11)18(23)12-2-3-12/h11-16H,2-10H2,1H3,(H,20,22)/t13-,14-,15-,16+/m0/s1. The van der Waals surface area contributed by atoms with Crippen LogP contribution in [0.1, 0.15) is 44.9 Å². The maximum absolute atomic E-state index is 12.7. The minimum atomic E-state index is -0.178. The van der Waals surface area contributed by atoms with Gasteiger partial charge in [-0.2, -0.15) is 0 Å². The van der Waals surface area contributed by atoms with Crippen molar-refractivity contribution in [3.63, 3.8) is 0 Å². The van der Waals surface area contributed by atoms with Crippen molar-refractivity contribution in [1.82, 2.24) is 10.2 Å². The predicted octanol–water partition coefficient (Wildman–Crippen LogP) is 1.34. The highest BCUT2D eigenvalue weighted by Gasteiger charge is 2.52. The van der Waals surface area contributed by atoms with E-state index in [-0.39, 0.29) is 41.6 Å². The SMILES string of the molecule is COC(=O)[C@H]1[C@H]2CC[C@@H](C2)[C@H]1NC(=O)C1CCN(C(=O)C2CC2)CC1. The van der Waals surface area contributed by atoms with Gasteiger partial charge in [-0.05, 0) is 56.8 Å². The first-order valence-corrected chi connectivity index (χ1v) is 9.75. The first kappa shape index (κ1) is 16.9. The average Bonchev–Trinajstić information content (AvgIpc) is 3.30. The molecule has 0 unspecified atom stereocenters. The second kappa shape index (κ2) is 6.61. The number of nitrogens with one attached hydrogen (secondary N) is 1. The van der Waals surface area contributed by atoms with Crippen molar-refractivity contribution in [2.45, 2.75) is 51.0 Å². The van der Waals surface area contributed by atoms with Crippen LogP contribution in [0, 0.1) is 29.6 Å². The van der Waals surface area contributed by atoms with Gasteiger partial charge in [0.15, 0.2) is 0 Å². The average molecular weight is 348 g/mol. The Hall–Kier alpha value is -1.59. The molecule has 2 amide bonds. The first-order valence-electron chi connectivity index (χ1n) is 9.75. The van der Waals surface area contributed by atoms with Gasteiger partial charge in [-0.15, -0.1) is 0 Å². The van der Waals surface area contributed by atoms with E-state index >= 15 is 0 Å². The van der Waals surface area contributed by atoms with Crippen molar-refractivity contribution in [1.29, 1.82) is 0 Å². The molecule has 3 saturated carbocycles. The van der Waals surface area contributed by atoms with E-state index in [1.165, 1.54) is 7.11 Å². The number of piperidine rings is 1. The number of hydrogen-bond donors (Lipinski definition) is 1. The molecule has 3 aliphatic carbocycles. The first-order chi connectivity index (χ1) is 12.1. The Bertz CT molecular complexity index is 566. The van der Waals surface area contributed by atoms with Gasteiger partial charge in [-0.1, -0.05) is 0 Å². The Morgan fingerprint density at radius 2 is 1.60 bits per heavy atom. The van der Waals surface area contributed by atoms with E-state index in [1.807, 2.05) is 4.90 Å². The summed E-state index contributed by atoms with van der Waals surface area (Å²) in [7, 11) is 1.43. The Morgan fingerprint density at radius 3 is 2.24 bits per heavy atom. The smallest absolute Gasteiger partial charge is 0.311 e. The lowest BCUT2D eigenvalue weighted by atomic mass is 9.83. The monoisotopic (exact) mass is 348 g/mol. The maximum Gasteiger partial charge on any atom is 0.311 e. The summed E-state index contributed by atoms with van der Waals surface area (Å²) < 4.78 is 4.98. The minimum absolute atomic E-state index is 0.0410. The van der Waals surface area contributed by atoms with Crippen LogP contribution in [-0.4, -0.2) is 48.9 Å². The predicted molar refractivity (Wildman–Crippen MR) is 90.3 cm³/mol. The Kier molecular flexibility index (Phi) is 4.46. The number of amides is 2. The molecule has 25 heavy (non-hydrogen) atoms. The second-order valence-electron chi connectivity index (χ2n) is 8.29. The molecule has 1 N–H and O–H groups in total. The van der Waals surface area contributed by atoms with Crippen molar-refractivity contribution in [2.75, 3.05) is 20.2 Å². The van der Waals surface area contributed by atoms with Crippen LogP contribution in [0.25, 0.3) is 0 Å². The van der Waals surface area contributed by atoms with Gasteiger partial charge in [0, 0.05) is 31.0 Å². The molecule has 2 bridgehead atoms. The summed E-state index contributed by atoms with van der Waals surface area (Å²) in [4.78, 5) is 38.9. The van der Waals surface area contributed by atoms with E-state index < -0.39 is 0 Å². The number of ether oxygens (including phenoxy) is 1. The number of carbonyl (C=O) groups excluding carboxylic acids is 3. The highest BCUT2D eigenvalue weighted by atomic mass is 16.5. The van der Waals surface area contributed by atoms with Crippen LogP contribution >= 0.6 is 0 Å². The molecule has 4 atom stereocenters. The van der Waals surface area contributed by atoms with Gasteiger partial charge in [-0.3, -0.25) is 14.4 Å². The summed E-state index contributed by atoms with van der Waals surface area (Å²) in [6.07, 6.45) is 6.70. The molecule has 4 fully saturated rings. The van der Waals surface area contributed by atoms with Gasteiger partial charge in [0.25, 0.3) is 0 Å². The number of carbonyl (C=O) groups is 3. The number of methoxy groups -OCH3 is 1. The molecule has 4 aliphatic rings. The van der Waals surface area contributed by atoms with E-state index in [0.29, 0.717) is 24.9 Å². The Balaban J connectivity index is 1.32. The largest absolute Gasteiger partial charge is 0.469 e. The zero-order chi connectivity index (χ0) is 17.6. The van der Waals surface area contributed by atoms with Crippen molar-refractivity contribution in [2.24, 2.45) is 29.6 Å². The summed E-state index contributed by atoms with van der Waals surface area (Å²) in [5.74, 6) is 0.963. The molecule has 1 aliphatic heterocycles. The normalized spacial score (nSPS) is 34.8. The number of nitrogens with zero attached hydrogens (tertiary/aromatic N) is 1. The van der Waals surface area contributed by atoms with Gasteiger partial charge in [0.05, 0.1) is 13.0 Å². The van der Waals surface area contributed by atoms with Crippen molar-refractivity contribution >= 4 is 17.8 Å². The quantitative estimate of drug-likeness (QED) is 0.778. The van der Waals surface area contributed by atoms with Crippen LogP contribution in [0.2, 0.25) is 0 Å². The summed E-state index contributed by atoms with van der Waals surface area (Å²) in [5.41, 5.74) is 0. The molecule has 1 saturated heterocycles. The zero-order valence-corrected chi connectivity index (χ0v) is 14.9. The summed E-state index contributed by atoms with van der Waals surface area (Å²) in [6, 6.07) is -0.0650. The molecule has 6 heteroatoms. The summed E-state index contributed by atoms with van der Waals surface area (Å²) >= 11 is 0. The van der Waals surface area contributed by atoms with Crippen LogP contribution in [-0.2, 0) is 19.1 Å². The van der Waals surface area contributed by atoms with Gasteiger partial charge in [0.1, 0.15) is 0 Å². The van der Waals surface area contributed by atoms with Crippen LogP contribution in [0.3, 0.4) is 0 Å². The lowest BCUT2D eigenvalue weighted by Gasteiger charge is -2.34. The van der Waals surface area contributed by atoms with Gasteiger partial charge < -0.3 is 15.0 Å². The Labute approximate surface area is 148 Å². The number of rotatable bonds is 4. The molecule has 0 aromatic carbocycles. The third-order valence-electron chi connectivity index (χ3n) is 6.80. The van der Waals surface area contributed by atoms with E-state index in [0.717, 1.165) is 44.9 Å². The Morgan fingerprint density at radius 1 is 0.920 bits per heavy atom. The zero-order valence-electron chi connectivity index (χ0n) is 14.9. The van der Waals surface area contributed by atoms with Gasteiger partial charge in [0.2, 0.25) is 11.8 Å².